The van der Waals surface area contributed by atoms with E-state index in [4.69, 9.17) is 14.6 Å². The number of aliphatic carboxylic acids is 1. The summed E-state index contributed by atoms with van der Waals surface area (Å²) in [6, 6.07) is 13.1. The number of benzene rings is 2. The van der Waals surface area contributed by atoms with E-state index in [1.54, 1.807) is 36.4 Å². The second-order valence-corrected chi connectivity index (χ2v) is 7.00. The van der Waals surface area contributed by atoms with Gasteiger partial charge >= 0.3 is 11.9 Å². The van der Waals surface area contributed by atoms with Gasteiger partial charge in [-0.2, -0.15) is 0 Å². The molecule has 0 aromatic heterocycles. The largest absolute Gasteiger partial charge is 0.479 e. The van der Waals surface area contributed by atoms with Crippen molar-refractivity contribution >= 4 is 11.9 Å². The number of ether oxygens (including phenoxy) is 2. The summed E-state index contributed by atoms with van der Waals surface area (Å²) in [6.45, 7) is 1.44. The Kier molecular flexibility index (Phi) is 6.47. The first-order valence-corrected chi connectivity index (χ1v) is 9.18. The van der Waals surface area contributed by atoms with Gasteiger partial charge in [0.25, 0.3) is 0 Å². The van der Waals surface area contributed by atoms with E-state index < -0.39 is 54.4 Å². The van der Waals surface area contributed by atoms with Crippen LogP contribution in [-0.2, 0) is 19.1 Å². The van der Waals surface area contributed by atoms with E-state index in [9.17, 15) is 29.3 Å². The predicted octanol–water partition coefficient (Wildman–Crippen LogP) is 1.03. The second kappa shape index (κ2) is 8.88. The van der Waals surface area contributed by atoms with E-state index in [1.165, 1.54) is 19.1 Å². The minimum atomic E-state index is -1.90. The molecule has 0 unspecified atom stereocenters. The Hall–Kier alpha value is -2.85. The normalized spacial score (nSPS) is 27.3. The first-order valence-electron chi connectivity index (χ1n) is 9.18. The van der Waals surface area contributed by atoms with E-state index in [-0.39, 0.29) is 5.56 Å². The van der Waals surface area contributed by atoms with Crippen LogP contribution in [0.5, 0.6) is 0 Å². The van der Waals surface area contributed by atoms with Crippen LogP contribution in [0.25, 0.3) is 11.1 Å². The van der Waals surface area contributed by atoms with E-state index in [1.807, 2.05) is 0 Å². The zero-order valence-electron chi connectivity index (χ0n) is 15.9. The van der Waals surface area contributed by atoms with Gasteiger partial charge in [-0.15, -0.1) is 0 Å². The summed E-state index contributed by atoms with van der Waals surface area (Å²) < 4.78 is 24.5. The van der Waals surface area contributed by atoms with Crippen LogP contribution in [0.4, 0.5) is 4.39 Å². The lowest BCUT2D eigenvalue weighted by atomic mass is 9.96. The van der Waals surface area contributed by atoms with Crippen LogP contribution in [0.2, 0.25) is 0 Å². The summed E-state index contributed by atoms with van der Waals surface area (Å²) in [5, 5.41) is 38.5. The minimum absolute atomic E-state index is 0.290. The van der Waals surface area contributed by atoms with Gasteiger partial charge in [0, 0.05) is 5.56 Å². The van der Waals surface area contributed by atoms with Crippen LogP contribution in [0.3, 0.4) is 0 Å². The van der Waals surface area contributed by atoms with Crippen molar-refractivity contribution in [1.82, 2.24) is 0 Å². The molecular weight excluding hydrogens is 399 g/mol. The van der Waals surface area contributed by atoms with Gasteiger partial charge in [0.2, 0.25) is 6.29 Å². The van der Waals surface area contributed by atoms with Gasteiger partial charge in [-0.25, -0.2) is 9.18 Å². The van der Waals surface area contributed by atoms with Crippen molar-refractivity contribution in [2.24, 2.45) is 0 Å². The second-order valence-electron chi connectivity index (χ2n) is 7.00. The van der Waals surface area contributed by atoms with Crippen molar-refractivity contribution in [2.75, 3.05) is 0 Å². The molecule has 0 saturated carbocycles. The lowest BCUT2D eigenvalue weighted by Crippen LogP contribution is -2.60. The van der Waals surface area contributed by atoms with E-state index >= 15 is 0 Å². The molecule has 160 valence electrons. The number of carbonyl (C=O) groups is 2. The average Bonchev–Trinajstić information content (AvgIpc) is 2.73. The van der Waals surface area contributed by atoms with Crippen LogP contribution in [0, 0.1) is 5.82 Å². The third kappa shape index (κ3) is 4.34. The number of hydrogen-bond acceptors (Lipinski definition) is 7. The number of rotatable bonds is 5. The molecule has 0 bridgehead atoms. The number of hydrogen-bond donors (Lipinski definition) is 4. The highest BCUT2D eigenvalue weighted by Gasteiger charge is 2.48. The molecule has 8 nitrogen and oxygen atoms in total. The summed E-state index contributed by atoms with van der Waals surface area (Å²) in [4.78, 5) is 23.6. The third-order valence-corrected chi connectivity index (χ3v) is 4.98. The molecule has 1 heterocycles. The molecule has 1 fully saturated rings. The lowest BCUT2D eigenvalue weighted by Gasteiger charge is -2.38. The number of esters is 1. The molecule has 9 heteroatoms. The third-order valence-electron chi connectivity index (χ3n) is 4.98. The number of aliphatic hydroxyl groups is 3. The average molecular weight is 420 g/mol. The molecule has 0 radical (unpaired) electrons. The molecule has 1 aliphatic heterocycles. The molecule has 2 aromatic rings. The highest BCUT2D eigenvalue weighted by molar-refractivity contribution is 5.78. The Morgan fingerprint density at radius 3 is 2.30 bits per heavy atom. The Morgan fingerprint density at radius 1 is 1.03 bits per heavy atom. The molecule has 6 atom stereocenters. The van der Waals surface area contributed by atoms with Crippen LogP contribution < -0.4 is 0 Å². The molecule has 30 heavy (non-hydrogen) atoms. The first kappa shape index (κ1) is 21.8. The fourth-order valence-electron chi connectivity index (χ4n) is 3.15. The van der Waals surface area contributed by atoms with Crippen molar-refractivity contribution in [1.29, 1.82) is 0 Å². The first-order chi connectivity index (χ1) is 14.2. The highest BCUT2D eigenvalue weighted by atomic mass is 19.1. The maximum Gasteiger partial charge on any atom is 0.335 e. The molecule has 0 spiro atoms. The summed E-state index contributed by atoms with van der Waals surface area (Å²) in [5.41, 5.74) is 1.31. The Balaban J connectivity index is 1.74. The van der Waals surface area contributed by atoms with Crippen molar-refractivity contribution in [3.8, 4) is 11.1 Å². The van der Waals surface area contributed by atoms with E-state index in [0.29, 0.717) is 11.1 Å². The molecule has 1 aliphatic rings. The van der Waals surface area contributed by atoms with Crippen molar-refractivity contribution in [3.63, 3.8) is 0 Å². The maximum absolute atomic E-state index is 14.6. The summed E-state index contributed by atoms with van der Waals surface area (Å²) in [5.74, 6) is -4.05. The van der Waals surface area contributed by atoms with E-state index in [0.717, 1.165) is 0 Å². The van der Waals surface area contributed by atoms with Crippen LogP contribution in [0.15, 0.2) is 48.5 Å². The number of carboxylic acids is 1. The van der Waals surface area contributed by atoms with Crippen LogP contribution >= 0.6 is 0 Å². The molecule has 3 rings (SSSR count). The quantitative estimate of drug-likeness (QED) is 0.527. The van der Waals surface area contributed by atoms with Gasteiger partial charge in [-0.1, -0.05) is 42.5 Å². The predicted molar refractivity (Wildman–Crippen MR) is 101 cm³/mol. The van der Waals surface area contributed by atoms with Gasteiger partial charge in [0.1, 0.15) is 24.1 Å². The standard InChI is InChI=1S/C21H21FO8/c1-10(12-7-8-13(14(22)9-12)11-5-3-2-4-6-11)20(28)30-21-17(25)15(23)16(24)18(29-21)19(26)27/h2-10,15-18,21,23-25H,1H3,(H,26,27)/t10-,15-,16-,17+,18-,21-/m0/s1. The van der Waals surface area contributed by atoms with Gasteiger partial charge in [-0.3, -0.25) is 4.79 Å². The zero-order valence-corrected chi connectivity index (χ0v) is 15.9. The fraction of sp³-hybridized carbons (Fsp3) is 0.333. The lowest BCUT2D eigenvalue weighted by molar-refractivity contribution is -0.286. The summed E-state index contributed by atoms with van der Waals surface area (Å²) in [7, 11) is 0. The zero-order chi connectivity index (χ0) is 22.0. The van der Waals surface area contributed by atoms with Crippen LogP contribution in [-0.4, -0.2) is 63.1 Å². The fourth-order valence-corrected chi connectivity index (χ4v) is 3.15. The van der Waals surface area contributed by atoms with E-state index in [2.05, 4.69) is 0 Å². The Labute approximate surface area is 171 Å². The molecule has 0 amide bonds. The van der Waals surface area contributed by atoms with Gasteiger partial charge in [0.05, 0.1) is 5.92 Å². The monoisotopic (exact) mass is 420 g/mol. The van der Waals surface area contributed by atoms with Gasteiger partial charge in [-0.05, 0) is 24.1 Å². The van der Waals surface area contributed by atoms with Gasteiger partial charge < -0.3 is 29.9 Å². The topological polar surface area (TPSA) is 134 Å². The summed E-state index contributed by atoms with van der Waals surface area (Å²) in [6.07, 6.45) is -9.35. The highest BCUT2D eigenvalue weighted by Crippen LogP contribution is 2.28. The molecule has 0 aliphatic carbocycles. The van der Waals surface area contributed by atoms with Crippen molar-refractivity contribution < 1.29 is 43.9 Å². The minimum Gasteiger partial charge on any atom is -0.479 e. The maximum atomic E-state index is 14.6. The number of aliphatic hydroxyl groups excluding tert-OH is 3. The van der Waals surface area contributed by atoms with Crippen molar-refractivity contribution in [2.45, 2.75) is 43.5 Å². The smallest absolute Gasteiger partial charge is 0.335 e. The summed E-state index contributed by atoms with van der Waals surface area (Å²) >= 11 is 0. The Morgan fingerprint density at radius 2 is 1.70 bits per heavy atom. The number of carboxylic acid groups (broad SMARTS) is 1. The van der Waals surface area contributed by atoms with Crippen LogP contribution in [0.1, 0.15) is 18.4 Å². The SMILES string of the molecule is C[C@H](C(=O)O[C@@H]1O[C@H](C(=O)O)[C@@H](O)[C@H](O)[C@H]1O)c1ccc(-c2ccccc2)c(F)c1. The molecule has 1 saturated heterocycles. The molecule has 4 N–H and O–H groups in total. The number of halogens is 1. The van der Waals surface area contributed by atoms with Gasteiger partial charge in [0.15, 0.2) is 6.10 Å². The molecular formula is C21H21FO8. The Bertz CT molecular complexity index is 918. The van der Waals surface area contributed by atoms with Crippen molar-refractivity contribution in [3.05, 3.63) is 59.9 Å². The molecule has 2 aromatic carbocycles. The number of carbonyl (C=O) groups excluding carboxylic acids is 1.